The summed E-state index contributed by atoms with van der Waals surface area (Å²) < 4.78 is 30.7. The van der Waals surface area contributed by atoms with E-state index in [1.165, 1.54) is 18.2 Å². The SMILES string of the molecule is CS(=O)(=O)Nc1cc(C(O)CNCCCCCCOCCCCc2cc(O)cc(O)c2)ccc1O. The van der Waals surface area contributed by atoms with Crippen LogP contribution < -0.4 is 10.0 Å². The van der Waals surface area contributed by atoms with E-state index in [0.717, 1.165) is 69.9 Å². The summed E-state index contributed by atoms with van der Waals surface area (Å²) >= 11 is 0. The Hall–Kier alpha value is -2.53. The first kappa shape index (κ1) is 28.7. The van der Waals surface area contributed by atoms with Crippen LogP contribution in [0.15, 0.2) is 36.4 Å². The number of hydrogen-bond donors (Lipinski definition) is 6. The fourth-order valence-corrected chi connectivity index (χ4v) is 4.21. The van der Waals surface area contributed by atoms with Crippen LogP contribution in [-0.2, 0) is 21.2 Å². The van der Waals surface area contributed by atoms with Gasteiger partial charge in [0.1, 0.15) is 17.2 Å². The van der Waals surface area contributed by atoms with Gasteiger partial charge in [0.25, 0.3) is 0 Å². The smallest absolute Gasteiger partial charge is 0.229 e. The van der Waals surface area contributed by atoms with E-state index in [-0.39, 0.29) is 22.9 Å². The summed E-state index contributed by atoms with van der Waals surface area (Å²) in [6, 6.07) is 9.00. The Kier molecular flexibility index (Phi) is 12.1. The number of hydrogen-bond acceptors (Lipinski definition) is 8. The first-order valence-corrected chi connectivity index (χ1v) is 13.8. The van der Waals surface area contributed by atoms with E-state index in [2.05, 4.69) is 10.0 Å². The summed E-state index contributed by atoms with van der Waals surface area (Å²) in [6.07, 6.45) is 6.90. The molecule has 196 valence electrons. The second-order valence-corrected chi connectivity index (χ2v) is 10.5. The molecule has 0 fully saturated rings. The predicted octanol–water partition coefficient (Wildman–Crippen LogP) is 3.40. The highest BCUT2D eigenvalue weighted by Gasteiger charge is 2.12. The highest BCUT2D eigenvalue weighted by Crippen LogP contribution is 2.27. The molecule has 1 atom stereocenters. The molecule has 0 aromatic heterocycles. The van der Waals surface area contributed by atoms with Crippen LogP contribution in [0, 0.1) is 0 Å². The number of rotatable bonds is 17. The Morgan fingerprint density at radius 1 is 0.886 bits per heavy atom. The molecule has 0 heterocycles. The van der Waals surface area contributed by atoms with Gasteiger partial charge in [-0.2, -0.15) is 0 Å². The van der Waals surface area contributed by atoms with E-state index in [1.54, 1.807) is 18.2 Å². The molecule has 0 amide bonds. The summed E-state index contributed by atoms with van der Waals surface area (Å²) in [4.78, 5) is 0. The maximum Gasteiger partial charge on any atom is 0.229 e. The Labute approximate surface area is 207 Å². The van der Waals surface area contributed by atoms with E-state index >= 15 is 0 Å². The molecule has 0 saturated heterocycles. The molecule has 0 spiro atoms. The van der Waals surface area contributed by atoms with Crippen molar-refractivity contribution < 1.29 is 33.6 Å². The number of phenolic OH excluding ortho intramolecular Hbond substituents is 3. The zero-order valence-corrected chi connectivity index (χ0v) is 21.1. The van der Waals surface area contributed by atoms with Gasteiger partial charge in [0.05, 0.1) is 18.0 Å². The molecule has 2 aromatic carbocycles. The van der Waals surface area contributed by atoms with Crippen LogP contribution in [0.3, 0.4) is 0 Å². The molecule has 10 heteroatoms. The Bertz CT molecular complexity index is 995. The molecule has 0 aliphatic carbocycles. The zero-order chi connectivity index (χ0) is 25.7. The molecular weight excluding hydrogens is 472 g/mol. The Balaban J connectivity index is 1.47. The standard InChI is InChI=1S/C25H38N2O7S/c1-35(32,33)27-23-16-20(9-10-24(23)30)25(31)18-26-11-5-2-3-6-12-34-13-7-4-8-19-14-21(28)17-22(29)15-19/h9-10,14-17,25-31H,2-8,11-13,18H2,1H3. The Morgan fingerprint density at radius 2 is 1.54 bits per heavy atom. The van der Waals surface area contributed by atoms with Crippen LogP contribution in [-0.4, -0.2) is 61.4 Å². The van der Waals surface area contributed by atoms with Crippen molar-refractivity contribution in [1.29, 1.82) is 0 Å². The summed E-state index contributed by atoms with van der Waals surface area (Å²) in [5.41, 5.74) is 1.47. The normalized spacial score (nSPS) is 12.5. The third kappa shape index (κ3) is 12.1. The summed E-state index contributed by atoms with van der Waals surface area (Å²) in [6.45, 7) is 2.51. The van der Waals surface area contributed by atoms with Crippen LogP contribution in [0.4, 0.5) is 5.69 Å². The van der Waals surface area contributed by atoms with E-state index in [1.807, 2.05) is 0 Å². The predicted molar refractivity (Wildman–Crippen MR) is 136 cm³/mol. The van der Waals surface area contributed by atoms with E-state index in [9.17, 15) is 28.8 Å². The fraction of sp³-hybridized carbons (Fsp3) is 0.520. The lowest BCUT2D eigenvalue weighted by Crippen LogP contribution is -2.22. The summed E-state index contributed by atoms with van der Waals surface area (Å²) in [5.74, 6) is -0.0334. The van der Waals surface area contributed by atoms with Crippen LogP contribution in [0.2, 0.25) is 0 Å². The monoisotopic (exact) mass is 510 g/mol. The lowest BCUT2D eigenvalue weighted by molar-refractivity contribution is 0.126. The van der Waals surface area contributed by atoms with Gasteiger partial charge in [-0.3, -0.25) is 4.72 Å². The van der Waals surface area contributed by atoms with E-state index in [0.29, 0.717) is 18.7 Å². The van der Waals surface area contributed by atoms with Gasteiger partial charge >= 0.3 is 0 Å². The lowest BCUT2D eigenvalue weighted by atomic mass is 10.1. The molecule has 9 nitrogen and oxygen atoms in total. The first-order valence-electron chi connectivity index (χ1n) is 11.9. The van der Waals surface area contributed by atoms with Crippen molar-refractivity contribution in [3.63, 3.8) is 0 Å². The molecule has 0 bridgehead atoms. The van der Waals surface area contributed by atoms with Crippen LogP contribution in [0.1, 0.15) is 55.8 Å². The van der Waals surface area contributed by atoms with Gasteiger partial charge in [0.2, 0.25) is 10.0 Å². The molecular formula is C25H38N2O7S. The highest BCUT2D eigenvalue weighted by atomic mass is 32.2. The third-order valence-electron chi connectivity index (χ3n) is 5.40. The minimum absolute atomic E-state index is 0.0445. The average molecular weight is 511 g/mol. The van der Waals surface area contributed by atoms with Gasteiger partial charge in [-0.05, 0) is 74.0 Å². The molecule has 1 unspecified atom stereocenters. The number of aromatic hydroxyl groups is 3. The average Bonchev–Trinajstić information content (AvgIpc) is 2.76. The second-order valence-electron chi connectivity index (χ2n) is 8.71. The molecule has 0 aliphatic heterocycles. The van der Waals surface area contributed by atoms with E-state index in [4.69, 9.17) is 4.74 Å². The van der Waals surface area contributed by atoms with Gasteiger partial charge < -0.3 is 30.5 Å². The molecule has 2 aromatic rings. The van der Waals surface area contributed by atoms with Crippen molar-refractivity contribution in [2.45, 2.75) is 51.0 Å². The molecule has 35 heavy (non-hydrogen) atoms. The van der Waals surface area contributed by atoms with Gasteiger partial charge in [0, 0.05) is 25.8 Å². The lowest BCUT2D eigenvalue weighted by Gasteiger charge is -2.14. The van der Waals surface area contributed by atoms with Crippen LogP contribution in [0.25, 0.3) is 0 Å². The maximum atomic E-state index is 11.4. The third-order valence-corrected chi connectivity index (χ3v) is 5.99. The van der Waals surface area contributed by atoms with Crippen molar-refractivity contribution in [2.24, 2.45) is 0 Å². The number of aryl methyl sites for hydroxylation is 1. The van der Waals surface area contributed by atoms with Gasteiger partial charge in [0.15, 0.2) is 0 Å². The quantitative estimate of drug-likeness (QED) is 0.140. The minimum atomic E-state index is -3.53. The number of benzene rings is 2. The maximum absolute atomic E-state index is 11.4. The van der Waals surface area contributed by atoms with E-state index < -0.39 is 16.1 Å². The topological polar surface area (TPSA) is 148 Å². The minimum Gasteiger partial charge on any atom is -0.508 e. The number of sulfonamides is 1. The number of aliphatic hydroxyl groups excluding tert-OH is 1. The summed E-state index contributed by atoms with van der Waals surface area (Å²) in [5, 5.41) is 42.3. The van der Waals surface area contributed by atoms with Crippen LogP contribution in [0.5, 0.6) is 17.2 Å². The second kappa shape index (κ2) is 14.8. The zero-order valence-electron chi connectivity index (χ0n) is 20.2. The first-order chi connectivity index (χ1) is 16.6. The van der Waals surface area contributed by atoms with Gasteiger partial charge in [-0.15, -0.1) is 0 Å². The van der Waals surface area contributed by atoms with Crippen molar-refractivity contribution in [2.75, 3.05) is 37.3 Å². The van der Waals surface area contributed by atoms with Gasteiger partial charge in [-0.1, -0.05) is 18.9 Å². The number of nitrogens with one attached hydrogen (secondary N) is 2. The van der Waals surface area contributed by atoms with Crippen molar-refractivity contribution in [1.82, 2.24) is 5.32 Å². The van der Waals surface area contributed by atoms with Gasteiger partial charge in [-0.25, -0.2) is 8.42 Å². The van der Waals surface area contributed by atoms with Crippen molar-refractivity contribution >= 4 is 15.7 Å². The number of aliphatic hydroxyl groups is 1. The van der Waals surface area contributed by atoms with Crippen molar-refractivity contribution in [3.05, 3.63) is 47.5 Å². The highest BCUT2D eigenvalue weighted by molar-refractivity contribution is 7.92. The largest absolute Gasteiger partial charge is 0.508 e. The van der Waals surface area contributed by atoms with Crippen LogP contribution >= 0.6 is 0 Å². The number of unbranched alkanes of at least 4 members (excludes halogenated alkanes) is 4. The molecule has 0 aliphatic rings. The fourth-order valence-electron chi connectivity index (χ4n) is 3.64. The number of ether oxygens (including phenoxy) is 1. The number of phenols is 3. The molecule has 2 rings (SSSR count). The summed E-state index contributed by atoms with van der Waals surface area (Å²) in [7, 11) is -3.53. The molecule has 6 N–H and O–H groups in total. The Morgan fingerprint density at radius 3 is 2.23 bits per heavy atom. The number of anilines is 1. The molecule has 0 saturated carbocycles. The molecule has 0 radical (unpaired) electrons. The van der Waals surface area contributed by atoms with Crippen molar-refractivity contribution in [3.8, 4) is 17.2 Å².